The van der Waals surface area contributed by atoms with Crippen LogP contribution >= 0.6 is 0 Å². The molecule has 0 saturated carbocycles. The van der Waals surface area contributed by atoms with Gasteiger partial charge in [-0.15, -0.1) is 0 Å². The molecule has 110 valence electrons. The number of esters is 2. The van der Waals surface area contributed by atoms with Gasteiger partial charge in [-0.2, -0.15) is 0 Å². The summed E-state index contributed by atoms with van der Waals surface area (Å²) in [4.78, 5) is 22.2. The van der Waals surface area contributed by atoms with Crippen molar-refractivity contribution >= 4 is 11.9 Å². The lowest BCUT2D eigenvalue weighted by Gasteiger charge is -2.32. The molecule has 0 aromatic carbocycles. The third-order valence-electron chi connectivity index (χ3n) is 3.37. The molecule has 6 heteroatoms. The Morgan fingerprint density at radius 3 is 2.32 bits per heavy atom. The van der Waals surface area contributed by atoms with E-state index in [1.807, 2.05) is 13.8 Å². The smallest absolute Gasteiger partial charge is 0.303 e. The van der Waals surface area contributed by atoms with E-state index >= 15 is 0 Å². The topological polar surface area (TPSA) is 71.1 Å². The van der Waals surface area contributed by atoms with Crippen molar-refractivity contribution in [3.63, 3.8) is 0 Å². The molecule has 0 amide bonds. The van der Waals surface area contributed by atoms with Gasteiger partial charge in [0.1, 0.15) is 6.61 Å². The van der Waals surface area contributed by atoms with Crippen LogP contribution in [-0.4, -0.2) is 43.7 Å². The minimum absolute atomic E-state index is 0.0376. The molecule has 6 nitrogen and oxygen atoms in total. The largest absolute Gasteiger partial charge is 0.460 e. The summed E-state index contributed by atoms with van der Waals surface area (Å²) in [6, 6.07) is 0. The molecule has 1 saturated heterocycles. The maximum Gasteiger partial charge on any atom is 0.303 e. The van der Waals surface area contributed by atoms with Crippen LogP contribution in [0.3, 0.4) is 0 Å². The summed E-state index contributed by atoms with van der Waals surface area (Å²) in [5.41, 5.74) is 0. The summed E-state index contributed by atoms with van der Waals surface area (Å²) in [7, 11) is 1.45. The number of hydrogen-bond acceptors (Lipinski definition) is 6. The quantitative estimate of drug-likeness (QED) is 0.703. The minimum Gasteiger partial charge on any atom is -0.460 e. The molecule has 1 rings (SSSR count). The Morgan fingerprint density at radius 2 is 1.89 bits per heavy atom. The van der Waals surface area contributed by atoms with Crippen LogP contribution < -0.4 is 0 Å². The van der Waals surface area contributed by atoms with Crippen molar-refractivity contribution in [3.05, 3.63) is 0 Å². The SMILES string of the molecule is CC[C@H]1OC(COC(C)=O)(OC)[C@@H](OC(C)=O)C1C. The van der Waals surface area contributed by atoms with Gasteiger partial charge in [0.25, 0.3) is 0 Å². The highest BCUT2D eigenvalue weighted by molar-refractivity contribution is 5.66. The first-order chi connectivity index (χ1) is 8.86. The molecule has 2 unspecified atom stereocenters. The Kier molecular flexibility index (Phi) is 5.31. The van der Waals surface area contributed by atoms with Crippen molar-refractivity contribution in [3.8, 4) is 0 Å². The lowest BCUT2D eigenvalue weighted by molar-refractivity contribution is -0.268. The first kappa shape index (κ1) is 15.9. The van der Waals surface area contributed by atoms with Crippen LogP contribution in [0.15, 0.2) is 0 Å². The molecule has 0 bridgehead atoms. The second-order valence-corrected chi connectivity index (χ2v) is 4.75. The molecule has 1 aliphatic rings. The van der Waals surface area contributed by atoms with Gasteiger partial charge in [0.2, 0.25) is 5.79 Å². The van der Waals surface area contributed by atoms with Gasteiger partial charge in [-0.1, -0.05) is 13.8 Å². The van der Waals surface area contributed by atoms with Crippen molar-refractivity contribution in [2.45, 2.75) is 52.1 Å². The number of carbonyl (C=O) groups is 2. The Labute approximate surface area is 113 Å². The zero-order valence-corrected chi connectivity index (χ0v) is 12.1. The number of carbonyl (C=O) groups excluding carboxylic acids is 2. The third kappa shape index (κ3) is 3.45. The monoisotopic (exact) mass is 274 g/mol. The van der Waals surface area contributed by atoms with E-state index in [-0.39, 0.29) is 18.6 Å². The van der Waals surface area contributed by atoms with Gasteiger partial charge < -0.3 is 18.9 Å². The van der Waals surface area contributed by atoms with E-state index in [4.69, 9.17) is 18.9 Å². The van der Waals surface area contributed by atoms with E-state index < -0.39 is 23.8 Å². The summed E-state index contributed by atoms with van der Waals surface area (Å²) in [6.07, 6.45) is 0.0450. The first-order valence-electron chi connectivity index (χ1n) is 6.39. The molecule has 0 radical (unpaired) electrons. The summed E-state index contributed by atoms with van der Waals surface area (Å²) in [5.74, 6) is -2.11. The Bertz CT molecular complexity index is 342. The number of hydrogen-bond donors (Lipinski definition) is 0. The normalized spacial score (nSPS) is 34.1. The van der Waals surface area contributed by atoms with Crippen molar-refractivity contribution in [2.24, 2.45) is 5.92 Å². The Balaban J connectivity index is 2.95. The Morgan fingerprint density at radius 1 is 1.26 bits per heavy atom. The van der Waals surface area contributed by atoms with Crippen LogP contribution in [0, 0.1) is 5.92 Å². The van der Waals surface area contributed by atoms with Crippen LogP contribution in [0.2, 0.25) is 0 Å². The predicted octanol–water partition coefficient (Wildman–Crippen LogP) is 1.27. The number of rotatable bonds is 5. The highest BCUT2D eigenvalue weighted by Crippen LogP contribution is 2.39. The fraction of sp³-hybridized carbons (Fsp3) is 0.846. The maximum absolute atomic E-state index is 11.2. The van der Waals surface area contributed by atoms with Crippen molar-refractivity contribution < 1.29 is 28.5 Å². The molecule has 19 heavy (non-hydrogen) atoms. The van der Waals surface area contributed by atoms with Crippen molar-refractivity contribution in [1.82, 2.24) is 0 Å². The van der Waals surface area contributed by atoms with Crippen LogP contribution in [-0.2, 0) is 28.5 Å². The molecule has 1 heterocycles. The lowest BCUT2D eigenvalue weighted by Crippen LogP contribution is -2.49. The van der Waals surface area contributed by atoms with Gasteiger partial charge in [-0.3, -0.25) is 9.59 Å². The van der Waals surface area contributed by atoms with Crippen molar-refractivity contribution in [2.75, 3.05) is 13.7 Å². The van der Waals surface area contributed by atoms with Crippen molar-refractivity contribution in [1.29, 1.82) is 0 Å². The molecule has 1 fully saturated rings. The lowest BCUT2D eigenvalue weighted by atomic mass is 9.95. The zero-order valence-electron chi connectivity index (χ0n) is 12.1. The standard InChI is InChI=1S/C13H22O6/c1-6-11-8(2)12(18-10(4)15)13(16-5,19-11)7-17-9(3)14/h8,11-12H,6-7H2,1-5H3/t8?,11-,12+,13?/m1/s1. The molecule has 0 spiro atoms. The van der Waals surface area contributed by atoms with Crippen LogP contribution in [0.1, 0.15) is 34.1 Å². The van der Waals surface area contributed by atoms with E-state index in [1.165, 1.54) is 21.0 Å². The molecule has 0 aromatic heterocycles. The third-order valence-corrected chi connectivity index (χ3v) is 3.37. The minimum atomic E-state index is -1.22. The molecule has 1 aliphatic heterocycles. The molecule has 0 aromatic rings. The highest BCUT2D eigenvalue weighted by Gasteiger charge is 2.56. The van der Waals surface area contributed by atoms with Gasteiger partial charge in [0.15, 0.2) is 6.10 Å². The summed E-state index contributed by atoms with van der Waals surface area (Å²) in [5, 5.41) is 0. The van der Waals surface area contributed by atoms with Crippen LogP contribution in [0.4, 0.5) is 0 Å². The summed E-state index contributed by atoms with van der Waals surface area (Å²) < 4.78 is 21.5. The average molecular weight is 274 g/mol. The van der Waals surface area contributed by atoms with Crippen LogP contribution in [0.25, 0.3) is 0 Å². The average Bonchev–Trinajstić information content (AvgIpc) is 2.61. The zero-order chi connectivity index (χ0) is 14.6. The summed E-state index contributed by atoms with van der Waals surface area (Å²) in [6.45, 7) is 6.44. The second-order valence-electron chi connectivity index (χ2n) is 4.75. The van der Waals surface area contributed by atoms with E-state index in [1.54, 1.807) is 0 Å². The first-order valence-corrected chi connectivity index (χ1v) is 6.39. The van der Waals surface area contributed by atoms with Gasteiger partial charge in [-0.25, -0.2) is 0 Å². The van der Waals surface area contributed by atoms with E-state index in [0.717, 1.165) is 6.42 Å². The molecule has 0 N–H and O–H groups in total. The second kappa shape index (κ2) is 6.34. The number of methoxy groups -OCH3 is 1. The van der Waals surface area contributed by atoms with E-state index in [2.05, 4.69) is 0 Å². The maximum atomic E-state index is 11.2. The molecular weight excluding hydrogens is 252 g/mol. The molecule has 0 aliphatic carbocycles. The fourth-order valence-electron chi connectivity index (χ4n) is 2.40. The van der Waals surface area contributed by atoms with Gasteiger partial charge in [-0.05, 0) is 6.42 Å². The van der Waals surface area contributed by atoms with E-state index in [9.17, 15) is 9.59 Å². The number of ether oxygens (including phenoxy) is 4. The highest BCUT2D eigenvalue weighted by atomic mass is 16.7. The van der Waals surface area contributed by atoms with Crippen LogP contribution in [0.5, 0.6) is 0 Å². The fourth-order valence-corrected chi connectivity index (χ4v) is 2.40. The molecule has 4 atom stereocenters. The Hall–Kier alpha value is -1.14. The van der Waals surface area contributed by atoms with Gasteiger partial charge >= 0.3 is 11.9 Å². The van der Waals surface area contributed by atoms with Gasteiger partial charge in [0.05, 0.1) is 6.10 Å². The summed E-state index contributed by atoms with van der Waals surface area (Å²) >= 11 is 0. The molecular formula is C13H22O6. The van der Waals surface area contributed by atoms with E-state index in [0.29, 0.717) is 0 Å². The predicted molar refractivity (Wildman–Crippen MR) is 66.3 cm³/mol. The van der Waals surface area contributed by atoms with Gasteiger partial charge in [0, 0.05) is 26.9 Å².